The number of fused-ring (bicyclic) bond motifs is 1. The zero-order chi connectivity index (χ0) is 15.8. The monoisotopic (exact) mass is 322 g/mol. The number of pyridine rings is 1. The molecule has 3 aromatic rings. The fraction of sp³-hybridized carbons (Fsp3) is 0.278. The molecule has 23 heavy (non-hydrogen) atoms. The molecule has 0 spiro atoms. The first-order valence-electron chi connectivity index (χ1n) is 7.67. The van der Waals surface area contributed by atoms with Gasteiger partial charge in [-0.05, 0) is 55.4 Å². The number of nitrogens with one attached hydrogen (secondary N) is 1. The molecular weight excluding hydrogens is 308 g/mol. The second-order valence-corrected chi connectivity index (χ2v) is 6.38. The fourth-order valence-electron chi connectivity index (χ4n) is 2.65. The van der Waals surface area contributed by atoms with Crippen molar-refractivity contribution in [3.63, 3.8) is 0 Å². The van der Waals surface area contributed by atoms with E-state index in [-0.39, 0.29) is 0 Å². The molecule has 5 heteroatoms. The number of aryl methyl sites for hydroxylation is 1. The van der Waals surface area contributed by atoms with E-state index in [2.05, 4.69) is 38.3 Å². The van der Waals surface area contributed by atoms with Crippen LogP contribution in [0, 0.1) is 24.7 Å². The molecule has 4 nitrogen and oxygen atoms in total. The summed E-state index contributed by atoms with van der Waals surface area (Å²) in [6.45, 7) is 2.03. The van der Waals surface area contributed by atoms with Gasteiger partial charge in [0.2, 0.25) is 0 Å². The summed E-state index contributed by atoms with van der Waals surface area (Å²) in [6.07, 6.45) is 7.11. The van der Waals surface area contributed by atoms with E-state index in [0.717, 1.165) is 40.1 Å². The minimum atomic E-state index is 0.584. The van der Waals surface area contributed by atoms with Crippen molar-refractivity contribution >= 4 is 22.6 Å². The quantitative estimate of drug-likeness (QED) is 0.732. The van der Waals surface area contributed by atoms with Crippen LogP contribution in [-0.2, 0) is 6.42 Å². The van der Waals surface area contributed by atoms with Crippen molar-refractivity contribution in [1.82, 2.24) is 20.4 Å². The molecule has 4 rings (SSSR count). The molecule has 0 saturated heterocycles. The van der Waals surface area contributed by atoms with E-state index in [0.29, 0.717) is 10.5 Å². The maximum Gasteiger partial charge on any atom is 0.132 e. The van der Waals surface area contributed by atoms with Crippen molar-refractivity contribution in [1.29, 1.82) is 0 Å². The Morgan fingerprint density at radius 2 is 2.17 bits per heavy atom. The molecule has 0 unspecified atom stereocenters. The lowest BCUT2D eigenvalue weighted by Gasteiger charge is -2.06. The topological polar surface area (TPSA) is 54.5 Å². The summed E-state index contributed by atoms with van der Waals surface area (Å²) in [5.74, 6) is 7.20. The number of aromatic amines is 1. The van der Waals surface area contributed by atoms with E-state index in [9.17, 15) is 0 Å². The van der Waals surface area contributed by atoms with E-state index < -0.39 is 0 Å². The van der Waals surface area contributed by atoms with Gasteiger partial charge in [-0.3, -0.25) is 4.98 Å². The molecule has 0 amide bonds. The van der Waals surface area contributed by atoms with E-state index in [1.165, 1.54) is 12.8 Å². The first-order valence-corrected chi connectivity index (χ1v) is 8.04. The van der Waals surface area contributed by atoms with Gasteiger partial charge >= 0.3 is 0 Å². The Labute approximate surface area is 139 Å². The van der Waals surface area contributed by atoms with Crippen molar-refractivity contribution in [3.8, 4) is 11.8 Å². The van der Waals surface area contributed by atoms with E-state index in [1.54, 1.807) is 12.4 Å². The Kier molecular flexibility index (Phi) is 3.51. The molecule has 2 aromatic heterocycles. The number of H-pyrrole nitrogens is 1. The highest BCUT2D eigenvalue weighted by molar-refractivity contribution is 6.36. The summed E-state index contributed by atoms with van der Waals surface area (Å²) in [5.41, 5.74) is 5.53. The average Bonchev–Trinajstić information content (AvgIpc) is 3.23. The fourth-order valence-corrected chi connectivity index (χ4v) is 2.96. The largest absolute Gasteiger partial charge is 0.263 e. The maximum absolute atomic E-state index is 6.56. The second kappa shape index (κ2) is 5.68. The van der Waals surface area contributed by atoms with Crippen molar-refractivity contribution in [2.75, 3.05) is 0 Å². The normalized spacial score (nSPS) is 13.8. The van der Waals surface area contributed by atoms with Gasteiger partial charge < -0.3 is 0 Å². The third kappa shape index (κ3) is 2.80. The molecule has 0 bridgehead atoms. The van der Waals surface area contributed by atoms with Gasteiger partial charge in [-0.1, -0.05) is 23.4 Å². The lowest BCUT2D eigenvalue weighted by molar-refractivity contribution is 0.831. The van der Waals surface area contributed by atoms with E-state index in [4.69, 9.17) is 11.6 Å². The number of hydrogen-bond acceptors (Lipinski definition) is 3. The Morgan fingerprint density at radius 1 is 1.30 bits per heavy atom. The number of halogens is 1. The molecule has 1 aliphatic carbocycles. The van der Waals surface area contributed by atoms with Gasteiger partial charge in [0.15, 0.2) is 0 Å². The molecule has 1 N–H and O–H groups in total. The molecule has 114 valence electrons. The summed E-state index contributed by atoms with van der Waals surface area (Å²) in [4.78, 5) is 4.14. The smallest absolute Gasteiger partial charge is 0.132 e. The highest BCUT2D eigenvalue weighted by Gasteiger charge is 2.24. The van der Waals surface area contributed by atoms with Crippen LogP contribution >= 0.6 is 11.6 Å². The Balaban J connectivity index is 1.84. The van der Waals surface area contributed by atoms with Crippen LogP contribution in [0.1, 0.15) is 35.1 Å². The third-order valence-electron chi connectivity index (χ3n) is 4.20. The van der Waals surface area contributed by atoms with E-state index in [1.807, 2.05) is 13.0 Å². The van der Waals surface area contributed by atoms with Gasteiger partial charge in [-0.15, -0.1) is 0 Å². The van der Waals surface area contributed by atoms with Crippen LogP contribution < -0.4 is 0 Å². The van der Waals surface area contributed by atoms with Crippen LogP contribution in [0.5, 0.6) is 0 Å². The predicted octanol–water partition coefficient (Wildman–Crippen LogP) is 3.67. The third-order valence-corrected chi connectivity index (χ3v) is 4.57. The van der Waals surface area contributed by atoms with Crippen LogP contribution in [0.3, 0.4) is 0 Å². The summed E-state index contributed by atoms with van der Waals surface area (Å²) in [6, 6.07) is 4.01. The predicted molar refractivity (Wildman–Crippen MR) is 90.3 cm³/mol. The van der Waals surface area contributed by atoms with Gasteiger partial charge in [0.25, 0.3) is 0 Å². The Bertz CT molecular complexity index is 945. The zero-order valence-corrected chi connectivity index (χ0v) is 13.5. The van der Waals surface area contributed by atoms with Crippen LogP contribution in [0.25, 0.3) is 11.0 Å². The summed E-state index contributed by atoms with van der Waals surface area (Å²) >= 11 is 6.56. The highest BCUT2D eigenvalue weighted by Crippen LogP contribution is 2.36. The molecule has 1 aliphatic rings. The second-order valence-electron chi connectivity index (χ2n) is 6.00. The molecular formula is C18H15ClN4. The minimum Gasteiger partial charge on any atom is -0.263 e. The van der Waals surface area contributed by atoms with Gasteiger partial charge in [-0.2, -0.15) is 15.4 Å². The van der Waals surface area contributed by atoms with Gasteiger partial charge in [0.05, 0.1) is 5.02 Å². The lowest BCUT2D eigenvalue weighted by Crippen LogP contribution is -1.95. The Hall–Kier alpha value is -2.38. The zero-order valence-electron chi connectivity index (χ0n) is 12.7. The molecule has 2 heterocycles. The van der Waals surface area contributed by atoms with E-state index >= 15 is 0 Å². The molecule has 1 aromatic carbocycles. The molecule has 1 saturated carbocycles. The molecule has 0 radical (unpaired) electrons. The standard InChI is InChI=1S/C18H15ClN4/c1-11-6-7-20-10-13(11)4-5-15-14(8-12-2-3-12)9-16-18(17(15)19)22-23-21-16/h6-7,9-10,12H,2-3,8H2,1H3,(H,21,22,23). The SMILES string of the molecule is Cc1ccncc1C#Cc1c(CC2CC2)cc2n[nH]nc2c1Cl. The summed E-state index contributed by atoms with van der Waals surface area (Å²) < 4.78 is 0. The first-order chi connectivity index (χ1) is 11.2. The van der Waals surface area contributed by atoms with Crippen LogP contribution in [0.4, 0.5) is 0 Å². The number of nitrogens with zero attached hydrogens (tertiary/aromatic N) is 3. The van der Waals surface area contributed by atoms with Crippen molar-refractivity contribution in [2.24, 2.45) is 5.92 Å². The van der Waals surface area contributed by atoms with Crippen LogP contribution in [0.15, 0.2) is 24.5 Å². The van der Waals surface area contributed by atoms with Crippen LogP contribution in [0.2, 0.25) is 5.02 Å². The van der Waals surface area contributed by atoms with Crippen molar-refractivity contribution < 1.29 is 0 Å². The molecule has 0 atom stereocenters. The lowest BCUT2D eigenvalue weighted by atomic mass is 10.0. The molecule has 0 aliphatic heterocycles. The van der Waals surface area contributed by atoms with Crippen molar-refractivity contribution in [2.45, 2.75) is 26.2 Å². The van der Waals surface area contributed by atoms with Gasteiger partial charge in [0.1, 0.15) is 11.0 Å². The number of hydrogen-bond donors (Lipinski definition) is 1. The van der Waals surface area contributed by atoms with Gasteiger partial charge in [0, 0.05) is 23.5 Å². The highest BCUT2D eigenvalue weighted by atomic mass is 35.5. The number of benzene rings is 1. The number of aromatic nitrogens is 4. The first kappa shape index (κ1) is 14.2. The average molecular weight is 323 g/mol. The Morgan fingerprint density at radius 3 is 2.96 bits per heavy atom. The maximum atomic E-state index is 6.56. The minimum absolute atomic E-state index is 0.584. The van der Waals surface area contributed by atoms with Crippen molar-refractivity contribution in [3.05, 3.63) is 51.8 Å². The van der Waals surface area contributed by atoms with Crippen LogP contribution in [-0.4, -0.2) is 20.4 Å². The molecule has 1 fully saturated rings. The summed E-state index contributed by atoms with van der Waals surface area (Å²) in [5, 5.41) is 11.5. The van der Waals surface area contributed by atoms with Gasteiger partial charge in [-0.25, -0.2) is 0 Å². The number of rotatable bonds is 2. The summed E-state index contributed by atoms with van der Waals surface area (Å²) in [7, 11) is 0.